The van der Waals surface area contributed by atoms with Crippen molar-refractivity contribution in [1.29, 1.82) is 0 Å². The van der Waals surface area contributed by atoms with Crippen molar-refractivity contribution in [3.8, 4) is 0 Å². The normalized spacial score (nSPS) is 22.2. The van der Waals surface area contributed by atoms with Crippen LogP contribution >= 0.6 is 0 Å². The van der Waals surface area contributed by atoms with Gasteiger partial charge in [0, 0.05) is 18.6 Å². The Kier molecular flexibility index (Phi) is 5.39. The summed E-state index contributed by atoms with van der Waals surface area (Å²) in [7, 11) is -1.68. The molecule has 0 aromatic rings. The first-order valence-electron chi connectivity index (χ1n) is 7.18. The zero-order valence-corrected chi connectivity index (χ0v) is 14.2. The lowest BCUT2D eigenvalue weighted by molar-refractivity contribution is -0.137. The highest BCUT2D eigenvalue weighted by Crippen LogP contribution is 2.39. The lowest BCUT2D eigenvalue weighted by Crippen LogP contribution is -2.42. The standard InChI is InChI=1S/C15H28O3Si/c1-7-17-14(16)10-12-8-9-13(12)11-18-19(5,6)15(2,3)4/h10,13H,7-9,11H2,1-6H3/b12-10+. The van der Waals surface area contributed by atoms with Gasteiger partial charge in [-0.2, -0.15) is 0 Å². The summed E-state index contributed by atoms with van der Waals surface area (Å²) in [5, 5.41) is 0.238. The number of carbonyl (C=O) groups is 1. The highest BCUT2D eigenvalue weighted by Gasteiger charge is 2.38. The van der Waals surface area contributed by atoms with E-state index >= 15 is 0 Å². The maximum Gasteiger partial charge on any atom is 0.330 e. The second kappa shape index (κ2) is 6.22. The van der Waals surface area contributed by atoms with Gasteiger partial charge < -0.3 is 9.16 Å². The molecule has 0 aromatic carbocycles. The average Bonchev–Trinajstić information content (AvgIpc) is 2.23. The zero-order chi connectivity index (χ0) is 14.7. The highest BCUT2D eigenvalue weighted by atomic mass is 28.4. The van der Waals surface area contributed by atoms with E-state index < -0.39 is 8.32 Å². The van der Waals surface area contributed by atoms with E-state index in [4.69, 9.17) is 9.16 Å². The van der Waals surface area contributed by atoms with E-state index in [-0.39, 0.29) is 11.0 Å². The molecule has 1 atom stereocenters. The van der Waals surface area contributed by atoms with Crippen LogP contribution in [0.5, 0.6) is 0 Å². The summed E-state index contributed by atoms with van der Waals surface area (Å²) in [6.45, 7) is 14.3. The third kappa shape index (κ3) is 4.46. The Hall–Kier alpha value is -0.613. The fourth-order valence-electron chi connectivity index (χ4n) is 1.76. The molecule has 3 nitrogen and oxygen atoms in total. The molecular formula is C15H28O3Si. The Morgan fingerprint density at radius 2 is 2.05 bits per heavy atom. The van der Waals surface area contributed by atoms with Crippen LogP contribution in [0.3, 0.4) is 0 Å². The maximum atomic E-state index is 11.4. The van der Waals surface area contributed by atoms with Crippen molar-refractivity contribution in [2.45, 2.75) is 58.7 Å². The quantitative estimate of drug-likeness (QED) is 0.436. The predicted molar refractivity (Wildman–Crippen MR) is 80.6 cm³/mol. The van der Waals surface area contributed by atoms with Gasteiger partial charge >= 0.3 is 5.97 Å². The number of hydrogen-bond donors (Lipinski definition) is 0. The van der Waals surface area contributed by atoms with Gasteiger partial charge in [-0.05, 0) is 37.9 Å². The Morgan fingerprint density at radius 3 is 2.47 bits per heavy atom. The minimum atomic E-state index is -1.68. The van der Waals surface area contributed by atoms with Crippen LogP contribution in [-0.4, -0.2) is 27.5 Å². The van der Waals surface area contributed by atoms with Gasteiger partial charge in [-0.3, -0.25) is 0 Å². The second-order valence-corrected chi connectivity index (χ2v) is 11.6. The number of ether oxygens (including phenoxy) is 1. The van der Waals surface area contributed by atoms with Crippen molar-refractivity contribution in [1.82, 2.24) is 0 Å². The van der Waals surface area contributed by atoms with E-state index in [1.54, 1.807) is 6.08 Å². The van der Waals surface area contributed by atoms with Gasteiger partial charge in [-0.15, -0.1) is 0 Å². The molecule has 19 heavy (non-hydrogen) atoms. The van der Waals surface area contributed by atoms with E-state index in [2.05, 4.69) is 33.9 Å². The molecule has 4 heteroatoms. The summed E-state index contributed by atoms with van der Waals surface area (Å²) in [5.74, 6) is 0.202. The molecule has 0 aliphatic heterocycles. The van der Waals surface area contributed by atoms with Gasteiger partial charge in [-0.1, -0.05) is 26.3 Å². The summed E-state index contributed by atoms with van der Waals surface area (Å²) in [6.07, 6.45) is 3.79. The first-order chi connectivity index (χ1) is 8.67. The van der Waals surface area contributed by atoms with Crippen LogP contribution in [0.1, 0.15) is 40.5 Å². The summed E-state index contributed by atoms with van der Waals surface area (Å²) in [6, 6.07) is 0. The predicted octanol–water partition coefficient (Wildman–Crippen LogP) is 3.91. The number of rotatable bonds is 5. The van der Waals surface area contributed by atoms with E-state index in [1.807, 2.05) is 6.92 Å². The van der Waals surface area contributed by atoms with Crippen LogP contribution in [0.15, 0.2) is 11.6 Å². The van der Waals surface area contributed by atoms with Gasteiger partial charge in [0.2, 0.25) is 0 Å². The highest BCUT2D eigenvalue weighted by molar-refractivity contribution is 6.74. The van der Waals surface area contributed by atoms with Gasteiger partial charge in [0.25, 0.3) is 0 Å². The Bertz CT molecular complexity index is 353. The Labute approximate surface area is 118 Å². The van der Waals surface area contributed by atoms with Crippen LogP contribution in [0, 0.1) is 5.92 Å². The van der Waals surface area contributed by atoms with Crippen LogP contribution in [0.25, 0.3) is 0 Å². The topological polar surface area (TPSA) is 35.5 Å². The maximum absolute atomic E-state index is 11.4. The summed E-state index contributed by atoms with van der Waals surface area (Å²) in [5.41, 5.74) is 1.19. The van der Waals surface area contributed by atoms with Crippen LogP contribution in [-0.2, 0) is 14.0 Å². The third-order valence-corrected chi connectivity index (χ3v) is 8.85. The first kappa shape index (κ1) is 16.4. The van der Waals surface area contributed by atoms with E-state index in [0.717, 1.165) is 19.4 Å². The van der Waals surface area contributed by atoms with Crippen molar-refractivity contribution in [2.24, 2.45) is 5.92 Å². The molecule has 0 spiro atoms. The van der Waals surface area contributed by atoms with E-state index in [1.165, 1.54) is 5.57 Å². The third-order valence-electron chi connectivity index (χ3n) is 4.35. The van der Waals surface area contributed by atoms with Crippen LogP contribution in [0.4, 0.5) is 0 Å². The number of carbonyl (C=O) groups excluding carboxylic acids is 1. The van der Waals surface area contributed by atoms with Gasteiger partial charge in [0.1, 0.15) is 0 Å². The molecule has 0 radical (unpaired) electrons. The largest absolute Gasteiger partial charge is 0.463 e. The Morgan fingerprint density at radius 1 is 1.42 bits per heavy atom. The molecule has 1 unspecified atom stereocenters. The molecule has 0 bridgehead atoms. The SMILES string of the molecule is CCOC(=O)/C=C1\CCC1CO[Si](C)(C)C(C)(C)C. The molecule has 1 fully saturated rings. The average molecular weight is 284 g/mol. The second-order valence-electron chi connectivity index (χ2n) is 6.78. The van der Waals surface area contributed by atoms with Crippen molar-refractivity contribution < 1.29 is 14.0 Å². The fourth-order valence-corrected chi connectivity index (χ4v) is 2.81. The molecule has 110 valence electrons. The molecule has 1 rings (SSSR count). The zero-order valence-electron chi connectivity index (χ0n) is 13.2. The van der Waals surface area contributed by atoms with Crippen molar-refractivity contribution >= 4 is 14.3 Å². The summed E-state index contributed by atoms with van der Waals surface area (Å²) >= 11 is 0. The molecular weight excluding hydrogens is 256 g/mol. The molecule has 0 heterocycles. The lowest BCUT2D eigenvalue weighted by Gasteiger charge is -2.39. The van der Waals surface area contributed by atoms with Crippen LogP contribution < -0.4 is 0 Å². The van der Waals surface area contributed by atoms with Crippen molar-refractivity contribution in [3.05, 3.63) is 11.6 Å². The molecule has 0 amide bonds. The lowest BCUT2D eigenvalue weighted by atomic mass is 9.80. The monoisotopic (exact) mass is 284 g/mol. The summed E-state index contributed by atoms with van der Waals surface area (Å²) < 4.78 is 11.2. The molecule has 0 aromatic heterocycles. The smallest absolute Gasteiger partial charge is 0.330 e. The first-order valence-corrected chi connectivity index (χ1v) is 10.1. The summed E-state index contributed by atoms with van der Waals surface area (Å²) in [4.78, 5) is 11.4. The number of hydrogen-bond acceptors (Lipinski definition) is 3. The molecule has 0 saturated heterocycles. The van der Waals surface area contributed by atoms with Gasteiger partial charge in [0.15, 0.2) is 8.32 Å². The fraction of sp³-hybridized carbons (Fsp3) is 0.800. The van der Waals surface area contributed by atoms with Gasteiger partial charge in [-0.25, -0.2) is 4.79 Å². The minimum Gasteiger partial charge on any atom is -0.463 e. The molecule has 0 N–H and O–H groups in total. The van der Waals surface area contributed by atoms with Crippen molar-refractivity contribution in [2.75, 3.05) is 13.2 Å². The molecule has 1 aliphatic rings. The number of esters is 1. The van der Waals surface area contributed by atoms with Gasteiger partial charge in [0.05, 0.1) is 6.61 Å². The van der Waals surface area contributed by atoms with E-state index in [0.29, 0.717) is 12.5 Å². The van der Waals surface area contributed by atoms with E-state index in [9.17, 15) is 4.79 Å². The van der Waals surface area contributed by atoms with Crippen LogP contribution in [0.2, 0.25) is 18.1 Å². The molecule has 1 saturated carbocycles. The van der Waals surface area contributed by atoms with Crippen molar-refractivity contribution in [3.63, 3.8) is 0 Å². The molecule has 1 aliphatic carbocycles. The minimum absolute atomic E-state index is 0.213. The Balaban J connectivity index is 2.49.